The van der Waals surface area contributed by atoms with Gasteiger partial charge in [-0.25, -0.2) is 22.5 Å². The van der Waals surface area contributed by atoms with Gasteiger partial charge in [-0.2, -0.15) is 0 Å². The lowest BCUT2D eigenvalue weighted by molar-refractivity contribution is 0.591. The number of halogens is 3. The van der Waals surface area contributed by atoms with Crippen LogP contribution in [0.1, 0.15) is 16.7 Å². The lowest BCUT2D eigenvalue weighted by Gasteiger charge is -2.24. The summed E-state index contributed by atoms with van der Waals surface area (Å²) >= 11 is 12.3. The molecule has 2 N–H and O–H groups in total. The normalized spacial score (nSPS) is 15.9. The molecule has 3 aromatic carbocycles. The highest BCUT2D eigenvalue weighted by atomic mass is 35.5. The topological polar surface area (TPSA) is 70.6 Å². The molecule has 4 rings (SSSR count). The van der Waals surface area contributed by atoms with Gasteiger partial charge in [0.2, 0.25) is 5.96 Å². The fraction of sp³-hybridized carbons (Fsp3) is 0.0952. The quantitative estimate of drug-likeness (QED) is 0.572. The fourth-order valence-electron chi connectivity index (χ4n) is 3.15. The summed E-state index contributed by atoms with van der Waals surface area (Å²) in [5, 5.41) is 3.89. The van der Waals surface area contributed by atoms with E-state index in [0.29, 0.717) is 22.7 Å². The Kier molecular flexibility index (Phi) is 5.69. The summed E-state index contributed by atoms with van der Waals surface area (Å²) in [6.07, 6.45) is 0.447. The number of sulfonamides is 1. The van der Waals surface area contributed by atoms with Crippen molar-refractivity contribution >= 4 is 44.9 Å². The molecule has 154 valence electrons. The average Bonchev–Trinajstić information content (AvgIpc) is 2.69. The van der Waals surface area contributed by atoms with Gasteiger partial charge >= 0.3 is 0 Å². The number of benzene rings is 3. The maximum Gasteiger partial charge on any atom is 0.266 e. The third-order valence-corrected chi connectivity index (χ3v) is 6.74. The molecule has 0 aromatic heterocycles. The van der Waals surface area contributed by atoms with Crippen molar-refractivity contribution in [2.24, 2.45) is 4.99 Å². The van der Waals surface area contributed by atoms with E-state index in [1.165, 1.54) is 24.3 Å². The van der Waals surface area contributed by atoms with Crippen LogP contribution in [0.5, 0.6) is 0 Å². The summed E-state index contributed by atoms with van der Waals surface area (Å²) in [5.41, 5.74) is 2.65. The van der Waals surface area contributed by atoms with Crippen LogP contribution in [0.4, 0.5) is 10.1 Å². The van der Waals surface area contributed by atoms with Crippen molar-refractivity contribution in [2.45, 2.75) is 17.9 Å². The second-order valence-corrected chi connectivity index (χ2v) is 9.15. The SMILES string of the molecule is O=S1(=O)NC(=NCc2ccc(F)cc2Cl)Nc2c(Cc3ccccc3Cl)cccc21. The molecular formula is C21H16Cl2FN3O2S. The van der Waals surface area contributed by atoms with Crippen molar-refractivity contribution in [3.8, 4) is 0 Å². The molecule has 0 atom stereocenters. The highest BCUT2D eigenvalue weighted by molar-refractivity contribution is 7.90. The van der Waals surface area contributed by atoms with E-state index in [9.17, 15) is 12.8 Å². The molecule has 1 aliphatic rings. The molecule has 1 aliphatic heterocycles. The number of nitrogens with one attached hydrogen (secondary N) is 2. The molecule has 0 bridgehead atoms. The highest BCUT2D eigenvalue weighted by Gasteiger charge is 2.28. The smallest absolute Gasteiger partial charge is 0.266 e. The van der Waals surface area contributed by atoms with Gasteiger partial charge in [0.15, 0.2) is 0 Å². The molecule has 0 unspecified atom stereocenters. The van der Waals surface area contributed by atoms with E-state index < -0.39 is 15.8 Å². The van der Waals surface area contributed by atoms with E-state index >= 15 is 0 Å². The van der Waals surface area contributed by atoms with Crippen LogP contribution in [-0.2, 0) is 23.0 Å². The summed E-state index contributed by atoms with van der Waals surface area (Å²) in [5.74, 6) is -0.388. The number of fused-ring (bicyclic) bond motifs is 1. The van der Waals surface area contributed by atoms with Crippen molar-refractivity contribution in [1.82, 2.24) is 4.72 Å². The van der Waals surface area contributed by atoms with Crippen LogP contribution in [0.2, 0.25) is 10.0 Å². The molecule has 0 fully saturated rings. The summed E-state index contributed by atoms with van der Waals surface area (Å²) < 4.78 is 41.1. The first-order chi connectivity index (χ1) is 14.3. The van der Waals surface area contributed by atoms with E-state index in [1.807, 2.05) is 24.3 Å². The van der Waals surface area contributed by atoms with E-state index in [1.54, 1.807) is 12.1 Å². The number of rotatable bonds is 4. The maximum absolute atomic E-state index is 13.2. The van der Waals surface area contributed by atoms with Crippen molar-refractivity contribution in [3.63, 3.8) is 0 Å². The predicted molar refractivity (Wildman–Crippen MR) is 117 cm³/mol. The van der Waals surface area contributed by atoms with Crippen molar-refractivity contribution < 1.29 is 12.8 Å². The molecular weight excluding hydrogens is 448 g/mol. The number of aliphatic imine (C=N–C) groups is 1. The summed E-state index contributed by atoms with van der Waals surface area (Å²) in [6, 6.07) is 16.4. The van der Waals surface area contributed by atoms with Gasteiger partial charge in [-0.05, 0) is 41.0 Å². The minimum Gasteiger partial charge on any atom is -0.324 e. The number of para-hydroxylation sites is 1. The van der Waals surface area contributed by atoms with Gasteiger partial charge in [0.1, 0.15) is 10.7 Å². The monoisotopic (exact) mass is 463 g/mol. The molecule has 30 heavy (non-hydrogen) atoms. The second kappa shape index (κ2) is 8.26. The molecule has 0 saturated carbocycles. The van der Waals surface area contributed by atoms with Gasteiger partial charge < -0.3 is 5.32 Å². The van der Waals surface area contributed by atoms with Crippen LogP contribution >= 0.6 is 23.2 Å². The number of nitrogens with zero attached hydrogens (tertiary/aromatic N) is 1. The van der Waals surface area contributed by atoms with Crippen molar-refractivity contribution in [1.29, 1.82) is 0 Å². The van der Waals surface area contributed by atoms with Crippen molar-refractivity contribution in [2.75, 3.05) is 5.32 Å². The Morgan fingerprint density at radius 2 is 1.67 bits per heavy atom. The maximum atomic E-state index is 13.2. The number of hydrogen-bond acceptors (Lipinski definition) is 3. The minimum atomic E-state index is -3.81. The molecule has 0 radical (unpaired) electrons. The standard InChI is InChI=1S/C21H16Cl2FN3O2S/c22-17-6-2-1-4-13(17)10-14-5-3-7-19-20(14)26-21(27-30(19,28)29)25-12-15-8-9-16(24)11-18(15)23/h1-9,11H,10,12H2,(H2,25,26,27). The van der Waals surface area contributed by atoms with E-state index in [-0.39, 0.29) is 22.4 Å². The van der Waals surface area contributed by atoms with E-state index in [0.717, 1.165) is 11.1 Å². The van der Waals surface area contributed by atoms with Gasteiger partial charge in [0, 0.05) is 16.5 Å². The lowest BCUT2D eigenvalue weighted by atomic mass is 10.0. The van der Waals surface area contributed by atoms with Crippen molar-refractivity contribution in [3.05, 3.63) is 93.2 Å². The third kappa shape index (κ3) is 4.28. The highest BCUT2D eigenvalue weighted by Crippen LogP contribution is 2.31. The summed E-state index contributed by atoms with van der Waals surface area (Å²) in [6.45, 7) is 0.0754. The van der Waals surface area contributed by atoms with Gasteiger partial charge in [0.05, 0.1) is 12.2 Å². The third-order valence-electron chi connectivity index (χ3n) is 4.64. The molecule has 0 aliphatic carbocycles. The molecule has 9 heteroatoms. The largest absolute Gasteiger partial charge is 0.324 e. The molecule has 3 aromatic rings. The number of anilines is 1. The molecule has 0 saturated heterocycles. The molecule has 1 heterocycles. The zero-order valence-corrected chi connectivity index (χ0v) is 17.8. The predicted octanol–water partition coefficient (Wildman–Crippen LogP) is 4.98. The Bertz CT molecular complexity index is 1260. The van der Waals surface area contributed by atoms with Crippen LogP contribution in [-0.4, -0.2) is 14.4 Å². The average molecular weight is 464 g/mol. The molecule has 0 amide bonds. The van der Waals surface area contributed by atoms with Crippen LogP contribution < -0.4 is 10.0 Å². The van der Waals surface area contributed by atoms with Gasteiger partial charge in [-0.3, -0.25) is 0 Å². The minimum absolute atomic E-state index is 0.0644. The van der Waals surface area contributed by atoms with E-state index in [2.05, 4.69) is 15.0 Å². The summed E-state index contributed by atoms with van der Waals surface area (Å²) in [7, 11) is -3.81. The fourth-order valence-corrected chi connectivity index (χ4v) is 4.77. The number of guanidine groups is 1. The first kappa shape index (κ1) is 20.7. The zero-order valence-electron chi connectivity index (χ0n) is 15.5. The van der Waals surface area contributed by atoms with Gasteiger partial charge in [-0.1, -0.05) is 59.6 Å². The Hall–Kier alpha value is -2.61. The molecule has 5 nitrogen and oxygen atoms in total. The first-order valence-corrected chi connectivity index (χ1v) is 11.2. The number of hydrogen-bond donors (Lipinski definition) is 2. The lowest BCUT2D eigenvalue weighted by Crippen LogP contribution is -2.41. The van der Waals surface area contributed by atoms with Crippen LogP contribution in [0.25, 0.3) is 0 Å². The van der Waals surface area contributed by atoms with Gasteiger partial charge in [-0.15, -0.1) is 0 Å². The zero-order chi connectivity index (χ0) is 21.3. The first-order valence-electron chi connectivity index (χ1n) is 8.97. The van der Waals surface area contributed by atoms with Crippen LogP contribution in [0, 0.1) is 5.82 Å². The second-order valence-electron chi connectivity index (χ2n) is 6.69. The Morgan fingerprint density at radius 1 is 0.900 bits per heavy atom. The Labute approximate surface area is 183 Å². The van der Waals surface area contributed by atoms with Crippen LogP contribution in [0.3, 0.4) is 0 Å². The van der Waals surface area contributed by atoms with E-state index in [4.69, 9.17) is 23.2 Å². The van der Waals surface area contributed by atoms with Gasteiger partial charge in [0.25, 0.3) is 10.0 Å². The Balaban J connectivity index is 1.68. The molecule has 0 spiro atoms. The van der Waals surface area contributed by atoms with Crippen LogP contribution in [0.15, 0.2) is 70.6 Å². The summed E-state index contributed by atoms with van der Waals surface area (Å²) in [4.78, 5) is 4.42. The Morgan fingerprint density at radius 3 is 2.43 bits per heavy atom.